The summed E-state index contributed by atoms with van der Waals surface area (Å²) in [6.45, 7) is 3.06. The highest BCUT2D eigenvalue weighted by Crippen LogP contribution is 2.19. The molecule has 1 N–H and O–H groups in total. The Bertz CT molecular complexity index is 1100. The van der Waals surface area contributed by atoms with E-state index < -0.39 is 0 Å². The molecule has 4 rings (SSSR count). The maximum Gasteiger partial charge on any atom is 0.255 e. The molecule has 1 amide bonds. The molecule has 0 saturated carbocycles. The number of aromatic nitrogens is 2. The second kappa shape index (κ2) is 8.09. The number of nitrogens with one attached hydrogen (secondary N) is 1. The maximum absolute atomic E-state index is 12.4. The third kappa shape index (κ3) is 3.81. The number of carbonyl (C=O) groups is 1. The number of fused-ring (bicyclic) bond motifs is 1. The zero-order valence-electron chi connectivity index (χ0n) is 15.9. The summed E-state index contributed by atoms with van der Waals surface area (Å²) < 4.78 is 2.27. The van der Waals surface area contributed by atoms with E-state index in [0.29, 0.717) is 5.56 Å². The van der Waals surface area contributed by atoms with Crippen LogP contribution in [0.25, 0.3) is 11.0 Å². The van der Waals surface area contributed by atoms with Crippen LogP contribution in [0.15, 0.2) is 78.9 Å². The van der Waals surface area contributed by atoms with Gasteiger partial charge < -0.3 is 9.88 Å². The largest absolute Gasteiger partial charge is 0.328 e. The van der Waals surface area contributed by atoms with Crippen LogP contribution in [0.1, 0.15) is 28.7 Å². The molecule has 0 atom stereocenters. The highest BCUT2D eigenvalue weighted by molar-refractivity contribution is 6.04. The molecule has 3 aromatic carbocycles. The summed E-state index contributed by atoms with van der Waals surface area (Å²) in [6, 6.07) is 25.6. The minimum atomic E-state index is -0.0921. The third-order valence-corrected chi connectivity index (χ3v) is 4.91. The number of anilines is 1. The molecule has 4 aromatic rings. The first kappa shape index (κ1) is 18.0. The quantitative estimate of drug-likeness (QED) is 0.514. The summed E-state index contributed by atoms with van der Waals surface area (Å²) in [5.41, 5.74) is 4.88. The smallest absolute Gasteiger partial charge is 0.255 e. The molecule has 28 heavy (non-hydrogen) atoms. The molecule has 0 bridgehead atoms. The highest BCUT2D eigenvalue weighted by Gasteiger charge is 2.10. The number of rotatable bonds is 6. The Morgan fingerprint density at radius 1 is 0.929 bits per heavy atom. The number of nitrogens with zero attached hydrogens (tertiary/aromatic N) is 2. The fraction of sp³-hybridized carbons (Fsp3) is 0.167. The first-order valence-corrected chi connectivity index (χ1v) is 9.64. The number of para-hydroxylation sites is 2. The molecule has 0 aliphatic rings. The van der Waals surface area contributed by atoms with Gasteiger partial charge in [0.15, 0.2) is 0 Å². The Labute approximate surface area is 164 Å². The SMILES string of the molecule is CCn1c(CCc2cccc(NC(=O)c3ccccc3)c2)nc2ccccc21. The van der Waals surface area contributed by atoms with Gasteiger partial charge in [-0.1, -0.05) is 42.5 Å². The summed E-state index contributed by atoms with van der Waals surface area (Å²) >= 11 is 0. The van der Waals surface area contributed by atoms with E-state index in [9.17, 15) is 4.79 Å². The lowest BCUT2D eigenvalue weighted by Gasteiger charge is -2.09. The lowest BCUT2D eigenvalue weighted by atomic mass is 10.1. The first-order chi connectivity index (χ1) is 13.7. The summed E-state index contributed by atoms with van der Waals surface area (Å²) in [7, 11) is 0. The van der Waals surface area contributed by atoms with E-state index in [4.69, 9.17) is 4.98 Å². The van der Waals surface area contributed by atoms with Gasteiger partial charge in [-0.25, -0.2) is 4.98 Å². The van der Waals surface area contributed by atoms with Crippen LogP contribution in [-0.4, -0.2) is 15.5 Å². The summed E-state index contributed by atoms with van der Waals surface area (Å²) in [5, 5.41) is 2.98. The number of hydrogen-bond acceptors (Lipinski definition) is 2. The minimum absolute atomic E-state index is 0.0921. The van der Waals surface area contributed by atoms with Gasteiger partial charge in [0, 0.05) is 24.2 Å². The second-order valence-electron chi connectivity index (χ2n) is 6.78. The van der Waals surface area contributed by atoms with Crippen LogP contribution in [0, 0.1) is 0 Å². The van der Waals surface area contributed by atoms with Crippen molar-refractivity contribution in [1.82, 2.24) is 9.55 Å². The molecule has 0 radical (unpaired) electrons. The average molecular weight is 369 g/mol. The van der Waals surface area contributed by atoms with Crippen molar-refractivity contribution in [2.24, 2.45) is 0 Å². The van der Waals surface area contributed by atoms with Gasteiger partial charge in [-0.3, -0.25) is 4.79 Å². The van der Waals surface area contributed by atoms with Crippen molar-refractivity contribution in [3.05, 3.63) is 95.8 Å². The van der Waals surface area contributed by atoms with Gasteiger partial charge in [-0.2, -0.15) is 0 Å². The maximum atomic E-state index is 12.4. The second-order valence-corrected chi connectivity index (χ2v) is 6.78. The molecule has 1 heterocycles. The van der Waals surface area contributed by atoms with Gasteiger partial charge in [0.2, 0.25) is 0 Å². The van der Waals surface area contributed by atoms with Gasteiger partial charge in [0.05, 0.1) is 11.0 Å². The van der Waals surface area contributed by atoms with Crippen molar-refractivity contribution in [2.75, 3.05) is 5.32 Å². The molecule has 1 aromatic heterocycles. The molecular formula is C24H23N3O. The molecule has 4 nitrogen and oxygen atoms in total. The molecule has 0 unspecified atom stereocenters. The lowest BCUT2D eigenvalue weighted by molar-refractivity contribution is 0.102. The van der Waals surface area contributed by atoms with Gasteiger partial charge in [-0.05, 0) is 55.3 Å². The Morgan fingerprint density at radius 3 is 2.54 bits per heavy atom. The van der Waals surface area contributed by atoms with E-state index in [1.54, 1.807) is 0 Å². The standard InChI is InChI=1S/C24H23N3O/c1-2-27-22-14-7-6-13-21(22)26-23(27)16-15-18-9-8-12-20(17-18)25-24(28)19-10-4-3-5-11-19/h3-14,17H,2,15-16H2,1H3,(H,25,28). The predicted molar refractivity (Wildman–Crippen MR) is 114 cm³/mol. The van der Waals surface area contributed by atoms with E-state index in [0.717, 1.165) is 36.4 Å². The van der Waals surface area contributed by atoms with Crippen molar-refractivity contribution in [3.63, 3.8) is 0 Å². The van der Waals surface area contributed by atoms with Crippen molar-refractivity contribution >= 4 is 22.6 Å². The van der Waals surface area contributed by atoms with Gasteiger partial charge in [0.1, 0.15) is 5.82 Å². The van der Waals surface area contributed by atoms with E-state index >= 15 is 0 Å². The fourth-order valence-electron chi connectivity index (χ4n) is 3.52. The molecule has 0 saturated heterocycles. The van der Waals surface area contributed by atoms with Gasteiger partial charge >= 0.3 is 0 Å². The molecular weight excluding hydrogens is 346 g/mol. The molecule has 0 spiro atoms. The van der Waals surface area contributed by atoms with Crippen LogP contribution in [0.2, 0.25) is 0 Å². The zero-order chi connectivity index (χ0) is 19.3. The number of imidazole rings is 1. The van der Waals surface area contributed by atoms with E-state index in [-0.39, 0.29) is 5.91 Å². The number of aryl methyl sites for hydroxylation is 3. The Kier molecular flexibility index (Phi) is 5.20. The first-order valence-electron chi connectivity index (χ1n) is 9.64. The number of hydrogen-bond donors (Lipinski definition) is 1. The fourth-order valence-corrected chi connectivity index (χ4v) is 3.52. The Hall–Kier alpha value is -3.40. The average Bonchev–Trinajstić information content (AvgIpc) is 3.10. The Morgan fingerprint density at radius 2 is 1.71 bits per heavy atom. The van der Waals surface area contributed by atoms with Crippen LogP contribution >= 0.6 is 0 Å². The van der Waals surface area contributed by atoms with Crippen LogP contribution in [0.3, 0.4) is 0 Å². The normalized spacial score (nSPS) is 10.9. The van der Waals surface area contributed by atoms with E-state index in [1.165, 1.54) is 11.1 Å². The van der Waals surface area contributed by atoms with Crippen LogP contribution < -0.4 is 5.32 Å². The van der Waals surface area contributed by atoms with Crippen molar-refractivity contribution in [1.29, 1.82) is 0 Å². The van der Waals surface area contributed by atoms with Gasteiger partial charge in [0.25, 0.3) is 5.91 Å². The van der Waals surface area contributed by atoms with Crippen LogP contribution in [0.5, 0.6) is 0 Å². The van der Waals surface area contributed by atoms with Gasteiger partial charge in [-0.15, -0.1) is 0 Å². The Balaban J connectivity index is 1.48. The topological polar surface area (TPSA) is 46.9 Å². The zero-order valence-corrected chi connectivity index (χ0v) is 15.9. The minimum Gasteiger partial charge on any atom is -0.328 e. The van der Waals surface area contributed by atoms with Crippen molar-refractivity contribution in [3.8, 4) is 0 Å². The van der Waals surface area contributed by atoms with Crippen molar-refractivity contribution < 1.29 is 4.79 Å². The lowest BCUT2D eigenvalue weighted by Crippen LogP contribution is -2.11. The van der Waals surface area contributed by atoms with Crippen LogP contribution in [-0.2, 0) is 19.4 Å². The summed E-state index contributed by atoms with van der Waals surface area (Å²) in [5.74, 6) is 1.01. The van der Waals surface area contributed by atoms with E-state index in [2.05, 4.69) is 41.1 Å². The molecule has 4 heteroatoms. The van der Waals surface area contributed by atoms with E-state index in [1.807, 2.05) is 54.6 Å². The number of carbonyl (C=O) groups excluding carboxylic acids is 1. The third-order valence-electron chi connectivity index (χ3n) is 4.91. The highest BCUT2D eigenvalue weighted by atomic mass is 16.1. The predicted octanol–water partition coefficient (Wildman–Crippen LogP) is 5.09. The monoisotopic (exact) mass is 369 g/mol. The summed E-state index contributed by atoms with van der Waals surface area (Å²) in [6.07, 6.45) is 1.73. The van der Waals surface area contributed by atoms with Crippen molar-refractivity contribution in [2.45, 2.75) is 26.3 Å². The molecule has 0 aliphatic carbocycles. The summed E-state index contributed by atoms with van der Waals surface area (Å²) in [4.78, 5) is 17.2. The molecule has 140 valence electrons. The number of amides is 1. The number of benzene rings is 3. The molecule has 0 fully saturated rings. The van der Waals surface area contributed by atoms with Crippen LogP contribution in [0.4, 0.5) is 5.69 Å². The molecule has 0 aliphatic heterocycles.